The molecule has 2 rings (SSSR count). The normalized spacial score (nSPS) is 10.8. The Morgan fingerprint density at radius 2 is 2.24 bits per heavy atom. The molecule has 6 heteroatoms. The number of aromatic amines is 1. The van der Waals surface area contributed by atoms with Gasteiger partial charge in [-0.2, -0.15) is 5.10 Å². The van der Waals surface area contributed by atoms with Gasteiger partial charge in [0.1, 0.15) is 11.6 Å². The van der Waals surface area contributed by atoms with Gasteiger partial charge in [0.15, 0.2) is 5.82 Å². The van der Waals surface area contributed by atoms with Crippen molar-refractivity contribution in [3.63, 3.8) is 0 Å². The number of H-pyrrole nitrogens is 1. The van der Waals surface area contributed by atoms with Crippen molar-refractivity contribution in [3.8, 4) is 0 Å². The minimum atomic E-state index is -0.411. The minimum Gasteiger partial charge on any atom is -0.330 e. The maximum absolute atomic E-state index is 13.6. The molecule has 0 aliphatic rings. The predicted molar refractivity (Wildman–Crippen MR) is 63.4 cm³/mol. The molecule has 17 heavy (non-hydrogen) atoms. The van der Waals surface area contributed by atoms with Gasteiger partial charge in [-0.25, -0.2) is 9.37 Å². The van der Waals surface area contributed by atoms with Gasteiger partial charge in [-0.05, 0) is 18.2 Å². The van der Waals surface area contributed by atoms with Crippen molar-refractivity contribution in [3.05, 3.63) is 46.3 Å². The summed E-state index contributed by atoms with van der Waals surface area (Å²) in [6, 6.07) is 4.89. The van der Waals surface area contributed by atoms with E-state index in [1.54, 1.807) is 12.1 Å². The number of benzene rings is 1. The van der Waals surface area contributed by atoms with E-state index in [0.29, 0.717) is 36.6 Å². The third-order valence-corrected chi connectivity index (χ3v) is 2.63. The van der Waals surface area contributed by atoms with E-state index in [-0.39, 0.29) is 5.02 Å². The van der Waals surface area contributed by atoms with Crippen LogP contribution in [0.25, 0.3) is 0 Å². The SMILES string of the molecule is NCCc1n[nH]c(Cc2cccc(Cl)c2F)n1. The van der Waals surface area contributed by atoms with Crippen LogP contribution >= 0.6 is 11.6 Å². The largest absolute Gasteiger partial charge is 0.330 e. The van der Waals surface area contributed by atoms with Crippen LogP contribution in [-0.2, 0) is 12.8 Å². The standard InChI is InChI=1S/C11H12ClFN4/c12-8-3-1-2-7(11(8)13)6-10-15-9(4-5-14)16-17-10/h1-3H,4-6,14H2,(H,15,16,17). The highest BCUT2D eigenvalue weighted by atomic mass is 35.5. The third kappa shape index (κ3) is 2.81. The number of aromatic nitrogens is 3. The second kappa shape index (κ2) is 5.25. The number of rotatable bonds is 4. The Bertz CT molecular complexity index is 512. The highest BCUT2D eigenvalue weighted by Crippen LogP contribution is 2.19. The minimum absolute atomic E-state index is 0.115. The Hall–Kier alpha value is -1.46. The molecule has 1 aromatic carbocycles. The van der Waals surface area contributed by atoms with Crippen LogP contribution in [0.2, 0.25) is 5.02 Å². The number of hydrogen-bond acceptors (Lipinski definition) is 3. The first-order valence-corrected chi connectivity index (χ1v) is 5.61. The number of nitrogens with one attached hydrogen (secondary N) is 1. The summed E-state index contributed by atoms with van der Waals surface area (Å²) in [7, 11) is 0. The maximum Gasteiger partial charge on any atom is 0.151 e. The summed E-state index contributed by atoms with van der Waals surface area (Å²) >= 11 is 5.70. The van der Waals surface area contributed by atoms with Gasteiger partial charge in [0.2, 0.25) is 0 Å². The molecule has 0 unspecified atom stereocenters. The quantitative estimate of drug-likeness (QED) is 0.873. The molecule has 0 amide bonds. The zero-order valence-corrected chi connectivity index (χ0v) is 9.84. The second-order valence-corrected chi connectivity index (χ2v) is 4.03. The van der Waals surface area contributed by atoms with Crippen LogP contribution in [0.15, 0.2) is 18.2 Å². The van der Waals surface area contributed by atoms with E-state index in [1.807, 2.05) is 0 Å². The van der Waals surface area contributed by atoms with Crippen LogP contribution in [0, 0.1) is 5.82 Å². The third-order valence-electron chi connectivity index (χ3n) is 2.34. The van der Waals surface area contributed by atoms with Crippen molar-refractivity contribution in [2.24, 2.45) is 5.73 Å². The average molecular weight is 255 g/mol. The van der Waals surface area contributed by atoms with E-state index in [4.69, 9.17) is 17.3 Å². The zero-order valence-electron chi connectivity index (χ0n) is 9.08. The maximum atomic E-state index is 13.6. The lowest BCUT2D eigenvalue weighted by Gasteiger charge is -2.01. The smallest absolute Gasteiger partial charge is 0.151 e. The molecule has 0 saturated carbocycles. The molecule has 0 saturated heterocycles. The highest BCUT2D eigenvalue weighted by Gasteiger charge is 2.09. The Kier molecular flexibility index (Phi) is 3.71. The lowest BCUT2D eigenvalue weighted by Crippen LogP contribution is -2.04. The summed E-state index contributed by atoms with van der Waals surface area (Å²) in [6.07, 6.45) is 0.943. The van der Waals surface area contributed by atoms with Crippen LogP contribution in [0.4, 0.5) is 4.39 Å². The number of halogens is 2. The molecule has 90 valence electrons. The van der Waals surface area contributed by atoms with E-state index < -0.39 is 5.82 Å². The van der Waals surface area contributed by atoms with Gasteiger partial charge in [-0.15, -0.1) is 0 Å². The van der Waals surface area contributed by atoms with E-state index in [1.165, 1.54) is 6.07 Å². The van der Waals surface area contributed by atoms with Gasteiger partial charge in [0, 0.05) is 12.8 Å². The first-order chi connectivity index (χ1) is 8.20. The molecule has 3 N–H and O–H groups in total. The fourth-order valence-electron chi connectivity index (χ4n) is 1.52. The summed E-state index contributed by atoms with van der Waals surface area (Å²) in [5.74, 6) is 0.838. The summed E-state index contributed by atoms with van der Waals surface area (Å²) in [4.78, 5) is 4.21. The van der Waals surface area contributed by atoms with Gasteiger partial charge in [0.05, 0.1) is 5.02 Å². The molecule has 0 aliphatic carbocycles. The Morgan fingerprint density at radius 1 is 1.41 bits per heavy atom. The monoisotopic (exact) mass is 254 g/mol. The van der Waals surface area contributed by atoms with Crippen molar-refractivity contribution in [2.45, 2.75) is 12.8 Å². The molecule has 1 aromatic heterocycles. The number of hydrogen-bond donors (Lipinski definition) is 2. The Labute approximate surface area is 103 Å². The summed E-state index contributed by atoms with van der Waals surface area (Å²) in [5, 5.41) is 6.86. The topological polar surface area (TPSA) is 67.6 Å². The van der Waals surface area contributed by atoms with Crippen molar-refractivity contribution in [2.75, 3.05) is 6.54 Å². The lowest BCUT2D eigenvalue weighted by molar-refractivity contribution is 0.612. The molecule has 0 atom stereocenters. The van der Waals surface area contributed by atoms with Crippen molar-refractivity contribution >= 4 is 11.6 Å². The summed E-state index contributed by atoms with van der Waals surface area (Å²) < 4.78 is 13.6. The average Bonchev–Trinajstić information content (AvgIpc) is 2.73. The van der Waals surface area contributed by atoms with Crippen LogP contribution in [0.5, 0.6) is 0 Å². The fraction of sp³-hybridized carbons (Fsp3) is 0.273. The molecule has 0 spiro atoms. The van der Waals surface area contributed by atoms with E-state index in [2.05, 4.69) is 15.2 Å². The zero-order chi connectivity index (χ0) is 12.3. The van der Waals surface area contributed by atoms with E-state index in [0.717, 1.165) is 0 Å². The highest BCUT2D eigenvalue weighted by molar-refractivity contribution is 6.30. The van der Waals surface area contributed by atoms with Gasteiger partial charge >= 0.3 is 0 Å². The fourth-order valence-corrected chi connectivity index (χ4v) is 1.71. The molecular weight excluding hydrogens is 243 g/mol. The predicted octanol–water partition coefficient (Wildman–Crippen LogP) is 1.69. The van der Waals surface area contributed by atoms with Crippen molar-refractivity contribution in [1.29, 1.82) is 0 Å². The van der Waals surface area contributed by atoms with Gasteiger partial charge in [-0.3, -0.25) is 5.10 Å². The molecule has 2 aromatic rings. The lowest BCUT2D eigenvalue weighted by atomic mass is 10.1. The summed E-state index contributed by atoms with van der Waals surface area (Å²) in [6.45, 7) is 0.489. The number of nitrogens with two attached hydrogens (primary N) is 1. The van der Waals surface area contributed by atoms with Gasteiger partial charge < -0.3 is 5.73 Å². The second-order valence-electron chi connectivity index (χ2n) is 3.63. The van der Waals surface area contributed by atoms with Crippen LogP contribution in [0.3, 0.4) is 0 Å². The Balaban J connectivity index is 2.16. The number of nitrogens with zero attached hydrogens (tertiary/aromatic N) is 2. The van der Waals surface area contributed by atoms with Crippen molar-refractivity contribution < 1.29 is 4.39 Å². The molecule has 0 radical (unpaired) electrons. The van der Waals surface area contributed by atoms with E-state index in [9.17, 15) is 4.39 Å². The molecule has 4 nitrogen and oxygen atoms in total. The van der Waals surface area contributed by atoms with Crippen molar-refractivity contribution in [1.82, 2.24) is 15.2 Å². The van der Waals surface area contributed by atoms with Gasteiger partial charge in [-0.1, -0.05) is 23.7 Å². The Morgan fingerprint density at radius 3 is 3.00 bits per heavy atom. The molecule has 0 fully saturated rings. The van der Waals surface area contributed by atoms with Crippen LogP contribution in [-0.4, -0.2) is 21.7 Å². The molecule has 0 aliphatic heterocycles. The molecule has 1 heterocycles. The molecular formula is C11H12ClFN4. The first kappa shape index (κ1) is 12.0. The van der Waals surface area contributed by atoms with Gasteiger partial charge in [0.25, 0.3) is 0 Å². The molecule has 0 bridgehead atoms. The van der Waals surface area contributed by atoms with E-state index >= 15 is 0 Å². The first-order valence-electron chi connectivity index (χ1n) is 5.24. The van der Waals surface area contributed by atoms with Crippen LogP contribution in [0.1, 0.15) is 17.2 Å². The summed E-state index contributed by atoms with van der Waals surface area (Å²) in [5.41, 5.74) is 5.89. The van der Waals surface area contributed by atoms with Crippen LogP contribution < -0.4 is 5.73 Å².